The minimum atomic E-state index is 0.0551. The van der Waals surface area contributed by atoms with Gasteiger partial charge in [0.1, 0.15) is 17.7 Å². The molecule has 2 aromatic carbocycles. The maximum absolute atomic E-state index is 9.08. The van der Waals surface area contributed by atoms with E-state index in [1.165, 1.54) is 0 Å². The molecule has 0 aliphatic rings. The average Bonchev–Trinajstić information content (AvgIpc) is 2.59. The molecule has 0 saturated heterocycles. The number of hydrogen-bond acceptors (Lipinski definition) is 4. The van der Waals surface area contributed by atoms with Crippen molar-refractivity contribution >= 4 is 57.5 Å². The fraction of sp³-hybridized carbons (Fsp3) is 0.111. The monoisotopic (exact) mass is 484 g/mol. The molecule has 128 valence electrons. The van der Waals surface area contributed by atoms with Crippen LogP contribution in [-0.4, -0.2) is 12.1 Å². The third-order valence-corrected chi connectivity index (χ3v) is 4.52. The number of nitrogens with two attached hydrogens (primary N) is 1. The molecule has 0 saturated carbocycles. The van der Waals surface area contributed by atoms with Crippen molar-refractivity contribution in [3.8, 4) is 17.6 Å². The van der Waals surface area contributed by atoms with Gasteiger partial charge in [-0.05, 0) is 64.1 Å². The Balaban J connectivity index is 2.29. The van der Waals surface area contributed by atoms with Crippen LogP contribution in [-0.2, 0) is 6.61 Å². The molecule has 0 radical (unpaired) electrons. The smallest absolute Gasteiger partial charge is 0.174 e. The summed E-state index contributed by atoms with van der Waals surface area (Å²) in [7, 11) is 1.56. The lowest BCUT2D eigenvalue weighted by Gasteiger charge is -2.14. The van der Waals surface area contributed by atoms with E-state index >= 15 is 0 Å². The first-order chi connectivity index (χ1) is 11.9. The van der Waals surface area contributed by atoms with Gasteiger partial charge in [0, 0.05) is 5.02 Å². The predicted molar refractivity (Wildman–Crippen MR) is 112 cm³/mol. The number of nitrogens with zero attached hydrogens (tertiary/aromatic N) is 1. The zero-order chi connectivity index (χ0) is 18.4. The molecule has 25 heavy (non-hydrogen) atoms. The van der Waals surface area contributed by atoms with Crippen LogP contribution in [0, 0.1) is 14.9 Å². The summed E-state index contributed by atoms with van der Waals surface area (Å²) >= 11 is 12.9. The molecule has 0 spiro atoms. The number of ether oxygens (including phenoxy) is 2. The van der Waals surface area contributed by atoms with E-state index in [-0.39, 0.29) is 10.6 Å². The highest BCUT2D eigenvalue weighted by atomic mass is 127. The molecule has 4 nitrogen and oxygen atoms in total. The quantitative estimate of drug-likeness (QED) is 0.278. The maximum atomic E-state index is 9.08. The molecule has 2 rings (SSSR count). The number of benzene rings is 2. The van der Waals surface area contributed by atoms with Crippen LogP contribution in [0.4, 0.5) is 0 Å². The largest absolute Gasteiger partial charge is 0.493 e. The van der Waals surface area contributed by atoms with Crippen LogP contribution in [0.15, 0.2) is 42.0 Å². The van der Waals surface area contributed by atoms with Gasteiger partial charge in [0.05, 0.1) is 16.3 Å². The lowest BCUT2D eigenvalue weighted by molar-refractivity contribution is 0.282. The standard InChI is InChI=1S/C18H14ClIN2O2S/c1-23-16-8-12(6-13(9-21)18(22)25)7-15(20)17(16)24-10-11-2-4-14(19)5-3-11/h2-8H,10H2,1H3,(H2,22,25)/b13-6+. The van der Waals surface area contributed by atoms with Crippen molar-refractivity contribution in [2.45, 2.75) is 6.61 Å². The van der Waals surface area contributed by atoms with E-state index in [4.69, 9.17) is 44.3 Å². The van der Waals surface area contributed by atoms with Crippen LogP contribution in [0.1, 0.15) is 11.1 Å². The maximum Gasteiger partial charge on any atom is 0.174 e. The van der Waals surface area contributed by atoms with E-state index in [0.29, 0.717) is 23.1 Å². The second kappa shape index (κ2) is 9.04. The first kappa shape index (κ1) is 19.5. The summed E-state index contributed by atoms with van der Waals surface area (Å²) in [6.07, 6.45) is 1.62. The van der Waals surface area contributed by atoms with Crippen molar-refractivity contribution in [1.29, 1.82) is 5.26 Å². The van der Waals surface area contributed by atoms with Crippen molar-refractivity contribution in [2.75, 3.05) is 7.11 Å². The molecule has 0 aliphatic heterocycles. The summed E-state index contributed by atoms with van der Waals surface area (Å²) in [6, 6.07) is 13.1. The average molecular weight is 485 g/mol. The molecule has 0 unspecified atom stereocenters. The highest BCUT2D eigenvalue weighted by Crippen LogP contribution is 2.35. The second-order valence-corrected chi connectivity index (χ2v) is 7.02. The Morgan fingerprint density at radius 3 is 2.60 bits per heavy atom. The first-order valence-corrected chi connectivity index (χ1v) is 8.97. The Hall–Kier alpha value is -1.82. The second-order valence-electron chi connectivity index (χ2n) is 4.98. The van der Waals surface area contributed by atoms with Gasteiger partial charge in [0.15, 0.2) is 11.5 Å². The molecule has 0 fully saturated rings. The molecule has 0 amide bonds. The van der Waals surface area contributed by atoms with Crippen molar-refractivity contribution in [3.63, 3.8) is 0 Å². The van der Waals surface area contributed by atoms with Gasteiger partial charge in [-0.1, -0.05) is 36.0 Å². The molecular weight excluding hydrogens is 471 g/mol. The van der Waals surface area contributed by atoms with E-state index < -0.39 is 0 Å². The van der Waals surface area contributed by atoms with Crippen LogP contribution >= 0.6 is 46.4 Å². The molecular formula is C18H14ClIN2O2S. The van der Waals surface area contributed by atoms with Gasteiger partial charge < -0.3 is 15.2 Å². The third kappa shape index (κ3) is 5.33. The Kier molecular flexibility index (Phi) is 7.05. The van der Waals surface area contributed by atoms with Crippen LogP contribution in [0.3, 0.4) is 0 Å². The number of nitriles is 1. The highest BCUT2D eigenvalue weighted by molar-refractivity contribution is 14.1. The van der Waals surface area contributed by atoms with Crippen LogP contribution in [0.2, 0.25) is 5.02 Å². The predicted octanol–water partition coefficient (Wildman–Crippen LogP) is 4.73. The minimum absolute atomic E-state index is 0.0551. The van der Waals surface area contributed by atoms with Gasteiger partial charge in [-0.2, -0.15) is 5.26 Å². The third-order valence-electron chi connectivity index (χ3n) is 3.25. The molecule has 0 heterocycles. The number of halogens is 2. The van der Waals surface area contributed by atoms with Crippen molar-refractivity contribution in [1.82, 2.24) is 0 Å². The summed E-state index contributed by atoms with van der Waals surface area (Å²) in [4.78, 5) is 0.0551. The van der Waals surface area contributed by atoms with Crippen LogP contribution in [0.5, 0.6) is 11.5 Å². The summed E-state index contributed by atoms with van der Waals surface area (Å²) in [5, 5.41) is 9.76. The fourth-order valence-corrected chi connectivity index (χ4v) is 3.04. The lowest BCUT2D eigenvalue weighted by Crippen LogP contribution is -2.09. The van der Waals surface area contributed by atoms with E-state index in [9.17, 15) is 0 Å². The molecule has 0 atom stereocenters. The molecule has 2 aromatic rings. The molecule has 0 aromatic heterocycles. The summed E-state index contributed by atoms with van der Waals surface area (Å²) in [5.41, 5.74) is 7.51. The van der Waals surface area contributed by atoms with Gasteiger partial charge in [-0.25, -0.2) is 0 Å². The topological polar surface area (TPSA) is 68.3 Å². The number of methoxy groups -OCH3 is 1. The SMILES string of the molecule is COc1cc(/C=C(\C#N)C(N)=S)cc(I)c1OCc1ccc(Cl)cc1. The highest BCUT2D eigenvalue weighted by Gasteiger charge is 2.12. The number of rotatable bonds is 6. The summed E-state index contributed by atoms with van der Waals surface area (Å²) < 4.78 is 12.2. The molecule has 2 N–H and O–H groups in total. The van der Waals surface area contributed by atoms with Crippen LogP contribution in [0.25, 0.3) is 6.08 Å². The van der Waals surface area contributed by atoms with Crippen molar-refractivity contribution in [3.05, 3.63) is 61.7 Å². The number of thiocarbonyl (C=S) groups is 1. The molecule has 0 aliphatic carbocycles. The molecule has 0 bridgehead atoms. The van der Waals surface area contributed by atoms with Crippen molar-refractivity contribution in [2.24, 2.45) is 5.73 Å². The van der Waals surface area contributed by atoms with Gasteiger partial charge in [-0.15, -0.1) is 0 Å². The summed E-state index contributed by atoms with van der Waals surface area (Å²) in [5.74, 6) is 1.19. The van der Waals surface area contributed by atoms with E-state index in [1.807, 2.05) is 36.4 Å². The zero-order valence-electron chi connectivity index (χ0n) is 13.3. The van der Waals surface area contributed by atoms with E-state index in [1.54, 1.807) is 19.3 Å². The Morgan fingerprint density at radius 2 is 2.04 bits per heavy atom. The van der Waals surface area contributed by atoms with Gasteiger partial charge in [0.25, 0.3) is 0 Å². The van der Waals surface area contributed by atoms with E-state index in [0.717, 1.165) is 14.7 Å². The summed E-state index contributed by atoms with van der Waals surface area (Å²) in [6.45, 7) is 0.384. The Morgan fingerprint density at radius 1 is 1.36 bits per heavy atom. The van der Waals surface area contributed by atoms with Gasteiger partial charge in [-0.3, -0.25) is 0 Å². The van der Waals surface area contributed by atoms with Crippen molar-refractivity contribution < 1.29 is 9.47 Å². The zero-order valence-corrected chi connectivity index (χ0v) is 17.0. The van der Waals surface area contributed by atoms with E-state index in [2.05, 4.69) is 22.6 Å². The number of hydrogen-bond donors (Lipinski definition) is 1. The molecule has 7 heteroatoms. The fourth-order valence-electron chi connectivity index (χ4n) is 2.02. The minimum Gasteiger partial charge on any atom is -0.493 e. The lowest BCUT2D eigenvalue weighted by atomic mass is 10.1. The Labute approximate surface area is 170 Å². The normalized spacial score (nSPS) is 10.9. The Bertz CT molecular complexity index is 861. The van der Waals surface area contributed by atoms with Gasteiger partial charge in [0.2, 0.25) is 0 Å². The van der Waals surface area contributed by atoms with Crippen LogP contribution < -0.4 is 15.2 Å². The van der Waals surface area contributed by atoms with Gasteiger partial charge >= 0.3 is 0 Å². The first-order valence-electron chi connectivity index (χ1n) is 7.11.